The molecule has 3 aromatic carbocycles. The Bertz CT molecular complexity index is 1450. The number of para-hydroxylation sites is 1. The highest BCUT2D eigenvalue weighted by Crippen LogP contribution is 2.36. The minimum absolute atomic E-state index is 0.253. The molecule has 1 aliphatic rings. The Balaban J connectivity index is 1.49. The molecule has 0 bridgehead atoms. The molecule has 1 fully saturated rings. The van der Waals surface area contributed by atoms with Gasteiger partial charge in [-0.1, -0.05) is 41.9 Å². The highest BCUT2D eigenvalue weighted by Gasteiger charge is 2.27. The average molecular weight is 479 g/mol. The number of hydrogen-bond acceptors (Lipinski definition) is 4. The first-order valence-electron chi connectivity index (χ1n) is 10.9. The van der Waals surface area contributed by atoms with Gasteiger partial charge in [-0.3, -0.25) is 4.98 Å². The van der Waals surface area contributed by atoms with Crippen LogP contribution in [-0.4, -0.2) is 30.8 Å². The van der Waals surface area contributed by atoms with Gasteiger partial charge in [-0.25, -0.2) is 8.42 Å². The fraction of sp³-hybridized carbons (Fsp3) is 0.192. The van der Waals surface area contributed by atoms with E-state index in [2.05, 4.69) is 4.98 Å². The predicted octanol–water partition coefficient (Wildman–Crippen LogP) is 6.44. The van der Waals surface area contributed by atoms with Gasteiger partial charge in [-0.05, 0) is 66.8 Å². The fourth-order valence-corrected chi connectivity index (χ4v) is 6.07. The lowest BCUT2D eigenvalue weighted by Gasteiger charge is -2.16. The predicted molar refractivity (Wildman–Crippen MR) is 131 cm³/mol. The van der Waals surface area contributed by atoms with Crippen LogP contribution in [0.5, 0.6) is 11.5 Å². The lowest BCUT2D eigenvalue weighted by Crippen LogP contribution is -2.27. The molecule has 0 spiro atoms. The second-order valence-electron chi connectivity index (χ2n) is 8.17. The van der Waals surface area contributed by atoms with Crippen LogP contribution in [0.3, 0.4) is 0 Å². The topological polar surface area (TPSA) is 59.5 Å². The monoisotopic (exact) mass is 478 g/mol. The molecule has 0 amide bonds. The summed E-state index contributed by atoms with van der Waals surface area (Å²) in [5.41, 5.74) is 3.80. The summed E-state index contributed by atoms with van der Waals surface area (Å²) in [5, 5.41) is 1.58. The Morgan fingerprint density at radius 2 is 1.64 bits per heavy atom. The molecule has 0 aliphatic carbocycles. The zero-order valence-electron chi connectivity index (χ0n) is 18.2. The van der Waals surface area contributed by atoms with E-state index in [1.807, 2.05) is 55.6 Å². The van der Waals surface area contributed by atoms with Crippen molar-refractivity contribution in [3.63, 3.8) is 0 Å². The summed E-state index contributed by atoms with van der Waals surface area (Å²) in [6, 6.07) is 20.2. The van der Waals surface area contributed by atoms with Crippen molar-refractivity contribution in [2.75, 3.05) is 13.1 Å². The summed E-state index contributed by atoms with van der Waals surface area (Å²) in [6.45, 7) is 3.15. The van der Waals surface area contributed by atoms with Gasteiger partial charge < -0.3 is 4.74 Å². The normalized spacial score (nSPS) is 14.6. The van der Waals surface area contributed by atoms with Crippen LogP contribution in [0.2, 0.25) is 5.02 Å². The van der Waals surface area contributed by atoms with Crippen molar-refractivity contribution < 1.29 is 13.2 Å². The van der Waals surface area contributed by atoms with Crippen molar-refractivity contribution in [2.45, 2.75) is 24.7 Å². The number of ether oxygens (including phenoxy) is 1. The van der Waals surface area contributed by atoms with Gasteiger partial charge in [-0.15, -0.1) is 0 Å². The molecule has 33 heavy (non-hydrogen) atoms. The highest BCUT2D eigenvalue weighted by atomic mass is 35.5. The van der Waals surface area contributed by atoms with E-state index in [-0.39, 0.29) is 4.90 Å². The molecule has 4 aromatic rings. The van der Waals surface area contributed by atoms with Crippen LogP contribution in [0.25, 0.3) is 22.0 Å². The van der Waals surface area contributed by atoms with Gasteiger partial charge in [0.25, 0.3) is 0 Å². The Hall–Kier alpha value is -2.93. The van der Waals surface area contributed by atoms with Crippen LogP contribution in [0.15, 0.2) is 77.8 Å². The van der Waals surface area contributed by atoms with Crippen LogP contribution in [-0.2, 0) is 10.0 Å². The number of sulfonamides is 1. The standard InChI is InChI=1S/C26H23ClN2O3S/c1-18-17-28-26-23(11-6-12-24(26)27)25(18)19-7-4-8-20(15-19)32-21-9-5-10-22(16-21)33(30,31)29-13-2-3-14-29/h4-12,15-17H,2-3,13-14H2,1H3. The third kappa shape index (κ3) is 4.22. The molecule has 2 heterocycles. The largest absolute Gasteiger partial charge is 0.457 e. The number of pyridine rings is 1. The third-order valence-corrected chi connectivity index (χ3v) is 8.10. The van der Waals surface area contributed by atoms with E-state index in [1.54, 1.807) is 24.3 Å². The van der Waals surface area contributed by atoms with E-state index >= 15 is 0 Å². The number of rotatable bonds is 5. The summed E-state index contributed by atoms with van der Waals surface area (Å²) in [7, 11) is -3.50. The Morgan fingerprint density at radius 1 is 0.939 bits per heavy atom. The van der Waals surface area contributed by atoms with Crippen LogP contribution in [0.1, 0.15) is 18.4 Å². The molecule has 0 unspecified atom stereocenters. The first kappa shape index (κ1) is 21.9. The van der Waals surface area contributed by atoms with Gasteiger partial charge in [0.05, 0.1) is 15.4 Å². The summed E-state index contributed by atoms with van der Waals surface area (Å²) in [5.74, 6) is 1.10. The molecule has 0 radical (unpaired) electrons. The van der Waals surface area contributed by atoms with E-state index in [0.29, 0.717) is 29.6 Å². The number of halogens is 1. The first-order chi connectivity index (χ1) is 15.9. The smallest absolute Gasteiger partial charge is 0.243 e. The summed E-state index contributed by atoms with van der Waals surface area (Å²) >= 11 is 6.37. The SMILES string of the molecule is Cc1cnc2c(Cl)cccc2c1-c1cccc(Oc2cccc(S(=O)(=O)N3CCCC3)c2)c1. The summed E-state index contributed by atoms with van der Waals surface area (Å²) < 4.78 is 33.5. The number of nitrogens with zero attached hydrogens (tertiary/aromatic N) is 2. The minimum Gasteiger partial charge on any atom is -0.457 e. The maximum Gasteiger partial charge on any atom is 0.243 e. The molecule has 168 valence electrons. The maximum atomic E-state index is 12.9. The molecule has 5 nitrogen and oxygen atoms in total. The molecule has 1 aromatic heterocycles. The molecule has 1 aliphatic heterocycles. The molecule has 7 heteroatoms. The molecular weight excluding hydrogens is 456 g/mol. The zero-order chi connectivity index (χ0) is 23.0. The van der Waals surface area contributed by atoms with Crippen molar-refractivity contribution in [3.8, 4) is 22.6 Å². The average Bonchev–Trinajstić information content (AvgIpc) is 3.36. The van der Waals surface area contributed by atoms with E-state index in [4.69, 9.17) is 16.3 Å². The van der Waals surface area contributed by atoms with Crippen LogP contribution in [0.4, 0.5) is 0 Å². The molecule has 0 atom stereocenters. The van der Waals surface area contributed by atoms with Crippen molar-refractivity contribution >= 4 is 32.5 Å². The van der Waals surface area contributed by atoms with Crippen molar-refractivity contribution in [1.82, 2.24) is 9.29 Å². The van der Waals surface area contributed by atoms with Gasteiger partial charge in [0.15, 0.2) is 0 Å². The maximum absolute atomic E-state index is 12.9. The van der Waals surface area contributed by atoms with E-state index < -0.39 is 10.0 Å². The molecular formula is C26H23ClN2O3S. The molecule has 0 saturated carbocycles. The van der Waals surface area contributed by atoms with Crippen LogP contribution < -0.4 is 4.74 Å². The van der Waals surface area contributed by atoms with Crippen molar-refractivity contribution in [3.05, 3.63) is 83.5 Å². The summed E-state index contributed by atoms with van der Waals surface area (Å²) in [6.07, 6.45) is 3.62. The number of fused-ring (bicyclic) bond motifs is 1. The lowest BCUT2D eigenvalue weighted by atomic mass is 9.97. The lowest BCUT2D eigenvalue weighted by molar-refractivity contribution is 0.470. The fourth-order valence-electron chi connectivity index (χ4n) is 4.30. The zero-order valence-corrected chi connectivity index (χ0v) is 19.7. The van der Waals surface area contributed by atoms with Gasteiger partial charge in [0.1, 0.15) is 11.5 Å². The Labute approximate surface area is 198 Å². The Kier molecular flexibility index (Phi) is 5.83. The van der Waals surface area contributed by atoms with E-state index in [1.165, 1.54) is 4.31 Å². The molecule has 1 saturated heterocycles. The second-order valence-corrected chi connectivity index (χ2v) is 10.5. The summed E-state index contributed by atoms with van der Waals surface area (Å²) in [4.78, 5) is 4.75. The van der Waals surface area contributed by atoms with Gasteiger partial charge in [0, 0.05) is 30.7 Å². The number of benzene rings is 3. The molecule has 5 rings (SSSR count). The molecule has 0 N–H and O–H groups in total. The minimum atomic E-state index is -3.50. The number of hydrogen-bond donors (Lipinski definition) is 0. The van der Waals surface area contributed by atoms with Crippen molar-refractivity contribution in [1.29, 1.82) is 0 Å². The first-order valence-corrected chi connectivity index (χ1v) is 12.7. The number of aryl methyl sites for hydroxylation is 1. The van der Waals surface area contributed by atoms with Gasteiger partial charge in [0.2, 0.25) is 10.0 Å². The highest BCUT2D eigenvalue weighted by molar-refractivity contribution is 7.89. The van der Waals surface area contributed by atoms with Crippen LogP contribution in [0, 0.1) is 6.92 Å². The Morgan fingerprint density at radius 3 is 2.42 bits per heavy atom. The van der Waals surface area contributed by atoms with Crippen LogP contribution >= 0.6 is 11.6 Å². The number of aromatic nitrogens is 1. The van der Waals surface area contributed by atoms with E-state index in [9.17, 15) is 8.42 Å². The second kappa shape index (κ2) is 8.78. The van der Waals surface area contributed by atoms with Gasteiger partial charge >= 0.3 is 0 Å². The quantitative estimate of drug-likeness (QED) is 0.331. The third-order valence-electron chi connectivity index (χ3n) is 5.90. The van der Waals surface area contributed by atoms with Crippen molar-refractivity contribution in [2.24, 2.45) is 0 Å². The van der Waals surface area contributed by atoms with Gasteiger partial charge in [-0.2, -0.15) is 4.31 Å². The van der Waals surface area contributed by atoms with E-state index in [0.717, 1.165) is 40.4 Å².